The van der Waals surface area contributed by atoms with Gasteiger partial charge in [-0.25, -0.2) is 0 Å². The number of unbranched alkanes of at least 4 members (excludes halogenated alkanes) is 6. The van der Waals surface area contributed by atoms with Gasteiger partial charge in [0.25, 0.3) is 0 Å². The molecule has 0 amide bonds. The molecule has 0 aliphatic carbocycles. The summed E-state index contributed by atoms with van der Waals surface area (Å²) in [7, 11) is 0. The maximum atomic E-state index is 5.68. The number of hydrogen-bond acceptors (Lipinski definition) is 2. The van der Waals surface area contributed by atoms with E-state index in [1.54, 1.807) is 0 Å². The van der Waals surface area contributed by atoms with E-state index in [1.165, 1.54) is 50.5 Å². The molecule has 0 unspecified atom stereocenters. The first-order valence-electron chi connectivity index (χ1n) is 7.26. The van der Waals surface area contributed by atoms with Gasteiger partial charge in [0.1, 0.15) is 0 Å². The van der Waals surface area contributed by atoms with Crippen molar-refractivity contribution < 1.29 is 4.74 Å². The maximum Gasteiger partial charge on any atom is 0.0716 e. The van der Waals surface area contributed by atoms with E-state index in [0.29, 0.717) is 0 Å². The van der Waals surface area contributed by atoms with Gasteiger partial charge in [0.05, 0.1) is 6.61 Å². The number of hydrogen-bond donors (Lipinski definition) is 1. The van der Waals surface area contributed by atoms with E-state index in [-0.39, 0.29) is 0 Å². The lowest BCUT2D eigenvalue weighted by atomic mass is 10.1. The number of thiol groups is 1. The summed E-state index contributed by atoms with van der Waals surface area (Å²) in [5, 5.41) is 0. The van der Waals surface area contributed by atoms with E-state index in [9.17, 15) is 0 Å². The minimum absolute atomic E-state index is 0.731. The van der Waals surface area contributed by atoms with Crippen LogP contribution in [0, 0.1) is 0 Å². The van der Waals surface area contributed by atoms with Crippen LogP contribution in [-0.4, -0.2) is 12.4 Å². The summed E-state index contributed by atoms with van der Waals surface area (Å²) in [6.07, 6.45) is 9.14. The third-order valence-corrected chi connectivity index (χ3v) is 3.97. The fourth-order valence-corrected chi connectivity index (χ4v) is 2.46. The summed E-state index contributed by atoms with van der Waals surface area (Å²) in [5.74, 6) is 1.03. The molecule has 0 radical (unpaired) electrons. The van der Waals surface area contributed by atoms with Crippen LogP contribution in [0.3, 0.4) is 0 Å². The summed E-state index contributed by atoms with van der Waals surface area (Å²) in [4.78, 5) is 0. The molecule has 0 saturated carbocycles. The Morgan fingerprint density at radius 1 is 0.842 bits per heavy atom. The van der Waals surface area contributed by atoms with Gasteiger partial charge < -0.3 is 4.74 Å². The second kappa shape index (κ2) is 11.8. The zero-order valence-electron chi connectivity index (χ0n) is 11.6. The molecule has 1 aromatic carbocycles. The zero-order chi connectivity index (χ0) is 13.8. The molecule has 3 heteroatoms. The van der Waals surface area contributed by atoms with Crippen molar-refractivity contribution in [2.45, 2.75) is 51.6 Å². The second-order valence-electron chi connectivity index (χ2n) is 4.88. The molecule has 0 bridgehead atoms. The standard InChI is InChI=1S/C16H25BrOS/c17-16-10-8-15(9-11-16)14-18-12-6-4-2-1-3-5-7-13-19/h8-11,19H,1-7,12-14H2. The van der Waals surface area contributed by atoms with E-state index in [4.69, 9.17) is 4.74 Å². The largest absolute Gasteiger partial charge is 0.377 e. The molecule has 0 aromatic heterocycles. The minimum atomic E-state index is 0.731. The Bertz CT molecular complexity index is 313. The Labute approximate surface area is 131 Å². The minimum Gasteiger partial charge on any atom is -0.377 e. The van der Waals surface area contributed by atoms with Gasteiger partial charge in [-0.05, 0) is 36.3 Å². The van der Waals surface area contributed by atoms with Gasteiger partial charge in [-0.3, -0.25) is 0 Å². The lowest BCUT2D eigenvalue weighted by Gasteiger charge is -2.05. The SMILES string of the molecule is SCCCCCCCCCOCc1ccc(Br)cc1. The summed E-state index contributed by atoms with van der Waals surface area (Å²) in [6, 6.07) is 8.32. The van der Waals surface area contributed by atoms with Gasteiger partial charge in [0.2, 0.25) is 0 Å². The Hall–Kier alpha value is 0.01000. The van der Waals surface area contributed by atoms with Crippen molar-refractivity contribution in [1.82, 2.24) is 0 Å². The van der Waals surface area contributed by atoms with Gasteiger partial charge in [-0.2, -0.15) is 12.6 Å². The van der Waals surface area contributed by atoms with Crippen molar-refractivity contribution >= 4 is 28.6 Å². The topological polar surface area (TPSA) is 9.23 Å². The summed E-state index contributed by atoms with van der Waals surface area (Å²) in [5.41, 5.74) is 1.25. The Morgan fingerprint density at radius 3 is 2.05 bits per heavy atom. The van der Waals surface area contributed by atoms with Gasteiger partial charge in [0.15, 0.2) is 0 Å². The highest BCUT2D eigenvalue weighted by Crippen LogP contribution is 2.12. The first kappa shape index (κ1) is 17.1. The highest BCUT2D eigenvalue weighted by molar-refractivity contribution is 9.10. The second-order valence-corrected chi connectivity index (χ2v) is 6.24. The van der Waals surface area contributed by atoms with Crippen molar-refractivity contribution in [3.05, 3.63) is 34.3 Å². The van der Waals surface area contributed by atoms with Crippen LogP contribution in [0.4, 0.5) is 0 Å². The average Bonchev–Trinajstić information content (AvgIpc) is 2.43. The highest BCUT2D eigenvalue weighted by Gasteiger charge is 1.95. The van der Waals surface area contributed by atoms with E-state index < -0.39 is 0 Å². The van der Waals surface area contributed by atoms with Crippen molar-refractivity contribution in [2.75, 3.05) is 12.4 Å². The van der Waals surface area contributed by atoms with Crippen LogP contribution in [-0.2, 0) is 11.3 Å². The number of benzene rings is 1. The molecule has 0 heterocycles. The Kier molecular flexibility index (Phi) is 10.6. The lowest BCUT2D eigenvalue weighted by Crippen LogP contribution is -1.95. The van der Waals surface area contributed by atoms with E-state index in [0.717, 1.165) is 23.4 Å². The van der Waals surface area contributed by atoms with Crippen LogP contribution < -0.4 is 0 Å². The monoisotopic (exact) mass is 344 g/mol. The lowest BCUT2D eigenvalue weighted by molar-refractivity contribution is 0.116. The molecule has 0 saturated heterocycles. The van der Waals surface area contributed by atoms with Crippen LogP contribution in [0.5, 0.6) is 0 Å². The first-order valence-corrected chi connectivity index (χ1v) is 8.68. The molecule has 19 heavy (non-hydrogen) atoms. The van der Waals surface area contributed by atoms with Crippen molar-refractivity contribution in [1.29, 1.82) is 0 Å². The van der Waals surface area contributed by atoms with Gasteiger partial charge in [-0.15, -0.1) is 0 Å². The predicted octanol–water partition coefficient (Wildman–Crippen LogP) is 5.63. The predicted molar refractivity (Wildman–Crippen MR) is 90.0 cm³/mol. The molecule has 1 aromatic rings. The van der Waals surface area contributed by atoms with E-state index >= 15 is 0 Å². The first-order chi connectivity index (χ1) is 9.33. The van der Waals surface area contributed by atoms with Crippen molar-refractivity contribution in [3.63, 3.8) is 0 Å². The van der Waals surface area contributed by atoms with Gasteiger partial charge in [0, 0.05) is 11.1 Å². The molecule has 1 rings (SSSR count). The smallest absolute Gasteiger partial charge is 0.0716 e. The number of ether oxygens (including phenoxy) is 1. The third-order valence-electron chi connectivity index (χ3n) is 3.13. The number of rotatable bonds is 11. The van der Waals surface area contributed by atoms with Gasteiger partial charge >= 0.3 is 0 Å². The molecular weight excluding hydrogens is 320 g/mol. The summed E-state index contributed by atoms with van der Waals surface area (Å²) >= 11 is 7.65. The Morgan fingerprint density at radius 2 is 1.42 bits per heavy atom. The van der Waals surface area contributed by atoms with E-state index in [1.807, 2.05) is 0 Å². The molecule has 0 atom stereocenters. The van der Waals surface area contributed by atoms with E-state index in [2.05, 4.69) is 52.8 Å². The molecule has 0 aliphatic rings. The van der Waals surface area contributed by atoms with Crippen LogP contribution in [0.2, 0.25) is 0 Å². The highest BCUT2D eigenvalue weighted by atomic mass is 79.9. The molecule has 108 valence electrons. The molecule has 0 N–H and O–H groups in total. The van der Waals surface area contributed by atoms with Gasteiger partial charge in [-0.1, -0.05) is 60.2 Å². The van der Waals surface area contributed by atoms with Crippen molar-refractivity contribution in [2.24, 2.45) is 0 Å². The quantitative estimate of drug-likeness (QED) is 0.404. The molecule has 0 fully saturated rings. The molecule has 0 aliphatic heterocycles. The van der Waals surface area contributed by atoms with Crippen molar-refractivity contribution in [3.8, 4) is 0 Å². The Balaban J connectivity index is 1.87. The fourth-order valence-electron chi connectivity index (χ4n) is 1.97. The third kappa shape index (κ3) is 9.53. The summed E-state index contributed by atoms with van der Waals surface area (Å²) < 4.78 is 6.80. The average molecular weight is 345 g/mol. The normalized spacial score (nSPS) is 10.8. The van der Waals surface area contributed by atoms with Crippen LogP contribution in [0.25, 0.3) is 0 Å². The molecule has 1 nitrogen and oxygen atoms in total. The fraction of sp³-hybridized carbons (Fsp3) is 0.625. The van der Waals surface area contributed by atoms with Crippen LogP contribution in [0.1, 0.15) is 50.5 Å². The maximum absolute atomic E-state index is 5.68. The summed E-state index contributed by atoms with van der Waals surface area (Å²) in [6.45, 7) is 1.61. The van der Waals surface area contributed by atoms with Crippen LogP contribution in [0.15, 0.2) is 28.7 Å². The molecular formula is C16H25BrOS. The van der Waals surface area contributed by atoms with Crippen LogP contribution >= 0.6 is 28.6 Å². The zero-order valence-corrected chi connectivity index (χ0v) is 14.1. The molecule has 0 spiro atoms. The number of halogens is 1.